The molecule has 0 aliphatic heterocycles. The number of methoxy groups -OCH3 is 1. The third kappa shape index (κ3) is 3.39. The molecule has 5 nitrogen and oxygen atoms in total. The first-order valence-corrected chi connectivity index (χ1v) is 6.24. The predicted molar refractivity (Wildman–Crippen MR) is 76.5 cm³/mol. The lowest BCUT2D eigenvalue weighted by Gasteiger charge is -2.08. The zero-order valence-electron chi connectivity index (χ0n) is 10.8. The smallest absolute Gasteiger partial charge is 0.337 e. The van der Waals surface area contributed by atoms with Crippen molar-refractivity contribution in [1.29, 1.82) is 0 Å². The highest BCUT2D eigenvalue weighted by atomic mass is 35.5. The summed E-state index contributed by atoms with van der Waals surface area (Å²) < 4.78 is 5.04. The molecule has 104 valence electrons. The van der Waals surface area contributed by atoms with Gasteiger partial charge >= 0.3 is 5.97 Å². The van der Waals surface area contributed by atoms with Gasteiger partial charge in [-0.3, -0.25) is 0 Å². The molecule has 0 aliphatic rings. The molecule has 0 unspecified atom stereocenters. The van der Waals surface area contributed by atoms with Gasteiger partial charge in [-0.25, -0.2) is 9.78 Å². The molecule has 0 amide bonds. The quantitative estimate of drug-likeness (QED) is 0.886. The molecule has 0 aliphatic carbocycles. The van der Waals surface area contributed by atoms with Crippen molar-refractivity contribution in [2.24, 2.45) is 0 Å². The number of aromatic nitrogens is 1. The average Bonchev–Trinajstić information content (AvgIpc) is 2.46. The maximum Gasteiger partial charge on any atom is 0.337 e. The van der Waals surface area contributed by atoms with Crippen molar-refractivity contribution < 1.29 is 14.6 Å². The Kier molecular flexibility index (Phi) is 4.42. The molecular weight excluding hydrogens is 280 g/mol. The van der Waals surface area contributed by atoms with E-state index in [9.17, 15) is 4.79 Å². The fraction of sp³-hybridized carbons (Fsp3) is 0.143. The van der Waals surface area contributed by atoms with E-state index in [2.05, 4.69) is 10.3 Å². The molecule has 2 aromatic rings. The van der Waals surface area contributed by atoms with Crippen LogP contribution in [0.3, 0.4) is 0 Å². The second kappa shape index (κ2) is 6.25. The summed E-state index contributed by atoms with van der Waals surface area (Å²) in [6.07, 6.45) is 0. The predicted octanol–water partition coefficient (Wildman–Crippen LogP) is 3.05. The highest BCUT2D eigenvalue weighted by Crippen LogP contribution is 2.21. The van der Waals surface area contributed by atoms with E-state index in [0.29, 0.717) is 18.1 Å². The van der Waals surface area contributed by atoms with Crippen LogP contribution in [0.4, 0.5) is 5.69 Å². The molecule has 2 rings (SSSR count). The van der Waals surface area contributed by atoms with Crippen molar-refractivity contribution in [3.05, 3.63) is 52.7 Å². The molecule has 0 atom stereocenters. The summed E-state index contributed by atoms with van der Waals surface area (Å²) in [6, 6.07) is 10.2. The van der Waals surface area contributed by atoms with Crippen molar-refractivity contribution in [2.75, 3.05) is 12.4 Å². The molecule has 0 fully saturated rings. The second-order valence-electron chi connectivity index (χ2n) is 4.02. The normalized spacial score (nSPS) is 10.1. The minimum atomic E-state index is -1.06. The highest BCUT2D eigenvalue weighted by molar-refractivity contribution is 6.33. The van der Waals surface area contributed by atoms with Gasteiger partial charge in [-0.2, -0.15) is 0 Å². The fourth-order valence-corrected chi connectivity index (χ4v) is 1.86. The molecule has 0 spiro atoms. The number of rotatable bonds is 5. The summed E-state index contributed by atoms with van der Waals surface area (Å²) >= 11 is 5.81. The van der Waals surface area contributed by atoms with Crippen LogP contribution in [0.1, 0.15) is 16.1 Å². The fourth-order valence-electron chi connectivity index (χ4n) is 1.66. The van der Waals surface area contributed by atoms with E-state index in [-0.39, 0.29) is 10.6 Å². The van der Waals surface area contributed by atoms with Crippen molar-refractivity contribution in [2.45, 2.75) is 6.54 Å². The standard InChI is InChI=1S/C14H13ClN2O3/c1-20-13-4-2-3-10(17-13)8-16-9-5-6-12(15)11(7-9)14(18)19/h2-7,16H,8H2,1H3,(H,18,19). The van der Waals surface area contributed by atoms with E-state index in [1.54, 1.807) is 25.3 Å². The first-order chi connectivity index (χ1) is 9.60. The van der Waals surface area contributed by atoms with Gasteiger partial charge in [-0.15, -0.1) is 0 Å². The molecule has 0 saturated carbocycles. The number of carbonyl (C=O) groups is 1. The Morgan fingerprint density at radius 3 is 2.90 bits per heavy atom. The van der Waals surface area contributed by atoms with Gasteiger partial charge in [0, 0.05) is 11.8 Å². The monoisotopic (exact) mass is 292 g/mol. The number of hydrogen-bond acceptors (Lipinski definition) is 4. The summed E-state index contributed by atoms with van der Waals surface area (Å²) in [4.78, 5) is 15.2. The largest absolute Gasteiger partial charge is 0.481 e. The van der Waals surface area contributed by atoms with Crippen LogP contribution >= 0.6 is 11.6 Å². The van der Waals surface area contributed by atoms with Crippen LogP contribution in [0, 0.1) is 0 Å². The number of hydrogen-bond donors (Lipinski definition) is 2. The SMILES string of the molecule is COc1cccc(CNc2ccc(Cl)c(C(=O)O)c2)n1. The molecule has 20 heavy (non-hydrogen) atoms. The van der Waals surface area contributed by atoms with E-state index < -0.39 is 5.97 Å². The van der Waals surface area contributed by atoms with Gasteiger partial charge in [0.25, 0.3) is 0 Å². The number of pyridine rings is 1. The highest BCUT2D eigenvalue weighted by Gasteiger charge is 2.09. The van der Waals surface area contributed by atoms with Gasteiger partial charge in [0.1, 0.15) is 0 Å². The van der Waals surface area contributed by atoms with Gasteiger partial charge in [0.15, 0.2) is 0 Å². The topological polar surface area (TPSA) is 71.5 Å². The third-order valence-corrected chi connectivity index (χ3v) is 2.99. The minimum absolute atomic E-state index is 0.0651. The minimum Gasteiger partial charge on any atom is -0.481 e. The van der Waals surface area contributed by atoms with E-state index in [1.807, 2.05) is 12.1 Å². The molecule has 1 aromatic heterocycles. The second-order valence-corrected chi connectivity index (χ2v) is 4.43. The lowest BCUT2D eigenvalue weighted by molar-refractivity contribution is 0.0697. The zero-order chi connectivity index (χ0) is 14.5. The Bertz CT molecular complexity index is 632. The molecule has 1 heterocycles. The number of benzene rings is 1. The Morgan fingerprint density at radius 2 is 2.20 bits per heavy atom. The van der Waals surface area contributed by atoms with Crippen molar-refractivity contribution >= 4 is 23.3 Å². The van der Waals surface area contributed by atoms with Crippen LogP contribution < -0.4 is 10.1 Å². The number of aromatic carboxylic acids is 1. The van der Waals surface area contributed by atoms with Crippen molar-refractivity contribution in [3.63, 3.8) is 0 Å². The Morgan fingerprint density at radius 1 is 1.40 bits per heavy atom. The molecule has 0 bridgehead atoms. The van der Waals surface area contributed by atoms with Crippen molar-refractivity contribution in [1.82, 2.24) is 4.98 Å². The van der Waals surface area contributed by atoms with E-state index in [0.717, 1.165) is 5.69 Å². The molecule has 0 radical (unpaired) electrons. The van der Waals surface area contributed by atoms with Crippen LogP contribution in [-0.4, -0.2) is 23.2 Å². The van der Waals surface area contributed by atoms with Gasteiger partial charge in [-0.05, 0) is 24.3 Å². The Balaban J connectivity index is 2.10. The third-order valence-electron chi connectivity index (χ3n) is 2.66. The summed E-state index contributed by atoms with van der Waals surface area (Å²) in [6.45, 7) is 0.456. The molecule has 0 saturated heterocycles. The summed E-state index contributed by atoms with van der Waals surface area (Å²) in [5.74, 6) is -0.523. The summed E-state index contributed by atoms with van der Waals surface area (Å²) in [7, 11) is 1.55. The summed E-state index contributed by atoms with van der Waals surface area (Å²) in [5, 5.41) is 12.3. The van der Waals surface area contributed by atoms with Gasteiger partial charge in [-0.1, -0.05) is 17.7 Å². The lowest BCUT2D eigenvalue weighted by Crippen LogP contribution is -2.04. The lowest BCUT2D eigenvalue weighted by atomic mass is 10.2. The number of anilines is 1. The zero-order valence-corrected chi connectivity index (χ0v) is 11.5. The van der Waals surface area contributed by atoms with Gasteiger partial charge < -0.3 is 15.2 Å². The average molecular weight is 293 g/mol. The number of nitrogens with zero attached hydrogens (tertiary/aromatic N) is 1. The first-order valence-electron chi connectivity index (χ1n) is 5.87. The number of carboxylic acid groups (broad SMARTS) is 1. The first kappa shape index (κ1) is 14.1. The van der Waals surface area contributed by atoms with Gasteiger partial charge in [0.05, 0.1) is 29.9 Å². The van der Waals surface area contributed by atoms with Crippen LogP contribution in [0.15, 0.2) is 36.4 Å². The van der Waals surface area contributed by atoms with E-state index in [1.165, 1.54) is 6.07 Å². The number of carboxylic acids is 1. The number of halogens is 1. The maximum absolute atomic E-state index is 11.0. The number of nitrogens with one attached hydrogen (secondary N) is 1. The number of ether oxygens (including phenoxy) is 1. The molecule has 1 aromatic carbocycles. The van der Waals surface area contributed by atoms with Crippen molar-refractivity contribution in [3.8, 4) is 5.88 Å². The molecule has 6 heteroatoms. The van der Waals surface area contributed by atoms with Crippen LogP contribution in [0.5, 0.6) is 5.88 Å². The summed E-state index contributed by atoms with van der Waals surface area (Å²) in [5.41, 5.74) is 1.52. The van der Waals surface area contributed by atoms with E-state index in [4.69, 9.17) is 21.4 Å². The van der Waals surface area contributed by atoms with Gasteiger partial charge in [0.2, 0.25) is 5.88 Å². The van der Waals surface area contributed by atoms with Crippen LogP contribution in [-0.2, 0) is 6.54 Å². The molecule has 2 N–H and O–H groups in total. The van der Waals surface area contributed by atoms with Crippen LogP contribution in [0.2, 0.25) is 5.02 Å². The van der Waals surface area contributed by atoms with E-state index >= 15 is 0 Å². The maximum atomic E-state index is 11.0. The van der Waals surface area contributed by atoms with Crippen LogP contribution in [0.25, 0.3) is 0 Å². The Labute approximate surface area is 121 Å². The molecular formula is C14H13ClN2O3. The Hall–Kier alpha value is -2.27.